The minimum Gasteiger partial charge on any atom is -0.480 e. The van der Waals surface area contributed by atoms with Crippen LogP contribution in [0.1, 0.15) is 51.1 Å². The van der Waals surface area contributed by atoms with Gasteiger partial charge in [-0.25, -0.2) is 18.6 Å². The summed E-state index contributed by atoms with van der Waals surface area (Å²) in [5, 5.41) is 9.48. The number of benzene rings is 1. The molecule has 1 aliphatic carbocycles. The zero-order valence-electron chi connectivity index (χ0n) is 22.2. The summed E-state index contributed by atoms with van der Waals surface area (Å²) in [4.78, 5) is 39.7. The summed E-state index contributed by atoms with van der Waals surface area (Å²) < 4.78 is 106. The van der Waals surface area contributed by atoms with Gasteiger partial charge >= 0.3 is 18.3 Å². The van der Waals surface area contributed by atoms with Gasteiger partial charge in [-0.15, -0.1) is 0 Å². The molecule has 9 nitrogen and oxygen atoms in total. The van der Waals surface area contributed by atoms with Crippen molar-refractivity contribution in [2.24, 2.45) is 22.6 Å². The van der Waals surface area contributed by atoms with Gasteiger partial charge in [0.25, 0.3) is 5.92 Å². The van der Waals surface area contributed by atoms with Crippen molar-refractivity contribution in [3.8, 4) is 5.75 Å². The van der Waals surface area contributed by atoms with Crippen LogP contribution in [0.4, 0.5) is 35.1 Å². The van der Waals surface area contributed by atoms with Crippen molar-refractivity contribution in [3.05, 3.63) is 29.8 Å². The molecule has 0 radical (unpaired) electrons. The molecule has 1 aromatic carbocycles. The first-order valence-electron chi connectivity index (χ1n) is 12.7. The lowest BCUT2D eigenvalue weighted by Gasteiger charge is -2.36. The van der Waals surface area contributed by atoms with E-state index in [0.717, 1.165) is 4.90 Å². The smallest absolute Gasteiger partial charge is 0.480 e. The first-order chi connectivity index (χ1) is 19.3. The number of para-hydroxylation sites is 1. The standard InChI is InChI=1S/C23H27F5N4O3.C2HF3O2/c1-3-21(4-2)10-17(33)32(20(29)31-21)11-13-18(22(13,24)25)19(34)30-14-9-16(23(26,27)28)35-15-8-6-5-7-12(14)15;3-2(4,5)1(6)7/h5-8,13-14,16,18H,3-4,9-11H2,1-2H3,(H2,29,31)(H,30,34);(H,6,7)/t13?,14-,16+,18?;/m0./s1. The van der Waals surface area contributed by atoms with Gasteiger partial charge in [0, 0.05) is 18.5 Å². The van der Waals surface area contributed by atoms with Crippen LogP contribution in [-0.4, -0.2) is 70.2 Å². The number of aliphatic carboxylic acids is 1. The third-order valence-corrected chi connectivity index (χ3v) is 7.53. The number of guanidine groups is 1. The maximum atomic E-state index is 14.6. The van der Waals surface area contributed by atoms with Gasteiger partial charge in [0.15, 0.2) is 12.1 Å². The lowest BCUT2D eigenvalue weighted by atomic mass is 9.88. The molecule has 3 aliphatic rings. The number of hydrogen-bond acceptors (Lipinski definition) is 6. The summed E-state index contributed by atoms with van der Waals surface area (Å²) in [6, 6.07) is 4.69. The summed E-state index contributed by atoms with van der Waals surface area (Å²) in [5.41, 5.74) is 5.53. The van der Waals surface area contributed by atoms with Crippen LogP contribution in [0.25, 0.3) is 0 Å². The summed E-state index contributed by atoms with van der Waals surface area (Å²) in [5.74, 6) is -11.3. The summed E-state index contributed by atoms with van der Waals surface area (Å²) >= 11 is 0. The molecule has 2 amide bonds. The number of aliphatic imine (C=N–C) groups is 1. The topological polar surface area (TPSA) is 134 Å². The van der Waals surface area contributed by atoms with Gasteiger partial charge in [-0.2, -0.15) is 26.3 Å². The fourth-order valence-electron chi connectivity index (χ4n) is 4.89. The average molecular weight is 617 g/mol. The highest BCUT2D eigenvalue weighted by Gasteiger charge is 2.72. The minimum absolute atomic E-state index is 0.0214. The Balaban J connectivity index is 0.000000616. The molecule has 0 saturated heterocycles. The van der Waals surface area contributed by atoms with Gasteiger partial charge in [0.2, 0.25) is 11.8 Å². The van der Waals surface area contributed by atoms with Crippen LogP contribution in [0.5, 0.6) is 5.75 Å². The summed E-state index contributed by atoms with van der Waals surface area (Å²) in [6.07, 6.45) is -11.5. The van der Waals surface area contributed by atoms with E-state index in [9.17, 15) is 44.7 Å². The van der Waals surface area contributed by atoms with Crippen LogP contribution in [0.3, 0.4) is 0 Å². The van der Waals surface area contributed by atoms with Crippen LogP contribution in [-0.2, 0) is 14.4 Å². The molecule has 0 aromatic heterocycles. The van der Waals surface area contributed by atoms with E-state index >= 15 is 0 Å². The maximum Gasteiger partial charge on any atom is 0.490 e. The van der Waals surface area contributed by atoms with Crippen molar-refractivity contribution in [3.63, 3.8) is 0 Å². The van der Waals surface area contributed by atoms with E-state index in [-0.39, 0.29) is 23.7 Å². The van der Waals surface area contributed by atoms with Gasteiger partial charge in [-0.3, -0.25) is 14.5 Å². The van der Waals surface area contributed by atoms with E-state index in [4.69, 9.17) is 20.4 Å². The average Bonchev–Trinajstić information content (AvgIpc) is 3.44. The third kappa shape index (κ3) is 6.86. The van der Waals surface area contributed by atoms with Gasteiger partial charge in [0.1, 0.15) is 11.7 Å². The Morgan fingerprint density at radius 1 is 1.14 bits per heavy atom. The molecule has 0 bridgehead atoms. The van der Waals surface area contributed by atoms with E-state index in [0.29, 0.717) is 12.8 Å². The van der Waals surface area contributed by atoms with Gasteiger partial charge < -0.3 is 20.9 Å². The molecular formula is C25H28F8N4O5. The van der Waals surface area contributed by atoms with Crippen LogP contribution in [0.2, 0.25) is 0 Å². The number of carboxylic acid groups (broad SMARTS) is 1. The molecule has 4 atom stereocenters. The van der Waals surface area contributed by atoms with E-state index in [1.54, 1.807) is 6.07 Å². The predicted molar refractivity (Wildman–Crippen MR) is 129 cm³/mol. The molecule has 234 valence electrons. The quantitative estimate of drug-likeness (QED) is 0.411. The number of carboxylic acids is 1. The molecular weight excluding hydrogens is 588 g/mol. The Labute approximate surface area is 234 Å². The molecule has 1 aromatic rings. The number of rotatable bonds is 6. The number of fused-ring (bicyclic) bond motifs is 1. The minimum atomic E-state index is -5.08. The number of carbonyl (C=O) groups is 3. The molecule has 4 rings (SSSR count). The Bertz CT molecular complexity index is 1230. The SMILES string of the molecule is CCC1(CC)CC(=O)N(CC2C(C(=O)N[C@H]3C[C@H](C(F)(F)F)Oc4ccccc43)C2(F)F)C(N)=N1.O=C(O)C(F)(F)F. The van der Waals surface area contributed by atoms with Crippen molar-refractivity contribution in [1.82, 2.24) is 10.2 Å². The van der Waals surface area contributed by atoms with E-state index in [1.165, 1.54) is 18.2 Å². The van der Waals surface area contributed by atoms with Crippen LogP contribution in [0, 0.1) is 11.8 Å². The third-order valence-electron chi connectivity index (χ3n) is 7.53. The fraction of sp³-hybridized carbons (Fsp3) is 0.600. The molecule has 2 unspecified atom stereocenters. The monoisotopic (exact) mass is 616 g/mol. The first-order valence-corrected chi connectivity index (χ1v) is 12.7. The lowest BCUT2D eigenvalue weighted by molar-refractivity contribution is -0.201. The number of nitrogens with two attached hydrogens (primary N) is 1. The van der Waals surface area contributed by atoms with Crippen molar-refractivity contribution < 1.29 is 59.4 Å². The Morgan fingerprint density at radius 3 is 2.21 bits per heavy atom. The lowest BCUT2D eigenvalue weighted by Crippen LogP contribution is -2.52. The number of hydrogen-bond donors (Lipinski definition) is 3. The first kappa shape index (κ1) is 32.8. The number of carbonyl (C=O) groups excluding carboxylic acids is 2. The molecule has 0 spiro atoms. The zero-order valence-corrected chi connectivity index (χ0v) is 22.2. The highest BCUT2D eigenvalue weighted by molar-refractivity contribution is 5.99. The molecule has 1 saturated carbocycles. The number of nitrogens with zero attached hydrogens (tertiary/aromatic N) is 2. The van der Waals surface area contributed by atoms with Gasteiger partial charge in [-0.05, 0) is 18.9 Å². The highest BCUT2D eigenvalue weighted by atomic mass is 19.4. The Morgan fingerprint density at radius 2 is 1.71 bits per heavy atom. The van der Waals surface area contributed by atoms with Gasteiger partial charge in [-0.1, -0.05) is 32.0 Å². The molecule has 42 heavy (non-hydrogen) atoms. The van der Waals surface area contributed by atoms with E-state index in [1.807, 2.05) is 13.8 Å². The van der Waals surface area contributed by atoms with Crippen LogP contribution >= 0.6 is 0 Å². The Kier molecular flexibility index (Phi) is 9.03. The highest BCUT2D eigenvalue weighted by Crippen LogP contribution is 2.56. The second-order valence-electron chi connectivity index (χ2n) is 10.1. The molecule has 4 N–H and O–H groups in total. The molecule has 2 heterocycles. The maximum absolute atomic E-state index is 14.6. The zero-order chi connectivity index (χ0) is 31.8. The second-order valence-corrected chi connectivity index (χ2v) is 10.1. The van der Waals surface area contributed by atoms with Gasteiger partial charge in [0.05, 0.1) is 23.9 Å². The fourth-order valence-corrected chi connectivity index (χ4v) is 4.89. The number of amides is 2. The van der Waals surface area contributed by atoms with Crippen LogP contribution < -0.4 is 15.8 Å². The van der Waals surface area contributed by atoms with E-state index < -0.39 is 78.5 Å². The number of alkyl halides is 8. The molecule has 2 aliphatic heterocycles. The van der Waals surface area contributed by atoms with E-state index in [2.05, 4.69) is 10.3 Å². The predicted octanol–water partition coefficient (Wildman–Crippen LogP) is 4.18. The van der Waals surface area contributed by atoms with Crippen molar-refractivity contribution in [2.45, 2.75) is 75.5 Å². The number of ether oxygens (including phenoxy) is 1. The second kappa shape index (κ2) is 11.6. The normalized spacial score (nSPS) is 26.1. The largest absolute Gasteiger partial charge is 0.490 e. The van der Waals surface area contributed by atoms with Crippen LogP contribution in [0.15, 0.2) is 29.3 Å². The number of nitrogens with one attached hydrogen (secondary N) is 1. The molecule has 1 fully saturated rings. The number of halogens is 8. The van der Waals surface area contributed by atoms with Crippen molar-refractivity contribution in [1.29, 1.82) is 0 Å². The summed E-state index contributed by atoms with van der Waals surface area (Å²) in [6.45, 7) is 3.21. The molecule has 17 heteroatoms. The van der Waals surface area contributed by atoms with Crippen molar-refractivity contribution >= 4 is 23.7 Å². The summed E-state index contributed by atoms with van der Waals surface area (Å²) in [7, 11) is 0. The van der Waals surface area contributed by atoms with Crippen molar-refractivity contribution in [2.75, 3.05) is 6.54 Å². The Hall–Kier alpha value is -3.66.